The molecule has 0 atom stereocenters. The lowest BCUT2D eigenvalue weighted by Gasteiger charge is -2.12. The smallest absolute Gasteiger partial charge is 0.416 e. The van der Waals surface area contributed by atoms with Crippen molar-refractivity contribution in [3.8, 4) is 17.0 Å². The zero-order chi connectivity index (χ0) is 22.2. The van der Waals surface area contributed by atoms with Crippen LogP contribution in [0.2, 0.25) is 0 Å². The Morgan fingerprint density at radius 1 is 1.10 bits per heavy atom. The van der Waals surface area contributed by atoms with Crippen molar-refractivity contribution in [3.05, 3.63) is 65.5 Å². The van der Waals surface area contributed by atoms with Gasteiger partial charge in [-0.25, -0.2) is 9.37 Å². The quantitative estimate of drug-likeness (QED) is 0.382. The monoisotopic (exact) mass is 448 g/mol. The van der Waals surface area contributed by atoms with Gasteiger partial charge in [0, 0.05) is 12.1 Å². The van der Waals surface area contributed by atoms with E-state index in [-0.39, 0.29) is 17.1 Å². The molecule has 160 valence electrons. The third-order valence-electron chi connectivity index (χ3n) is 4.67. The number of hydrogen-bond acceptors (Lipinski definition) is 6. The van der Waals surface area contributed by atoms with Crippen LogP contribution in [0, 0.1) is 5.82 Å². The van der Waals surface area contributed by atoms with Crippen LogP contribution in [-0.4, -0.2) is 16.5 Å². The van der Waals surface area contributed by atoms with Crippen LogP contribution in [0.25, 0.3) is 21.5 Å². The predicted octanol–water partition coefficient (Wildman–Crippen LogP) is 5.72. The van der Waals surface area contributed by atoms with E-state index < -0.39 is 17.6 Å². The number of nitrogen functional groups attached to an aromatic ring is 1. The summed E-state index contributed by atoms with van der Waals surface area (Å²) in [7, 11) is 1.58. The van der Waals surface area contributed by atoms with Crippen LogP contribution in [0.5, 0.6) is 5.75 Å². The number of rotatable bonds is 5. The van der Waals surface area contributed by atoms with Crippen LogP contribution < -0.4 is 15.8 Å². The standard InChI is InChI=1S/C21H16F4N4OS/c1-30-13-5-2-11(3-6-13)10-27-17-9-16(28-18-19(17)31-29-20(18)26)14-7-4-12(8-15(14)22)21(23,24)25/h2-9H,10H2,1H3,(H2,26,29)(H,27,28). The number of halogens is 4. The van der Waals surface area contributed by atoms with E-state index in [2.05, 4.69) is 14.7 Å². The Hall–Kier alpha value is -3.40. The fourth-order valence-corrected chi connectivity index (χ4v) is 3.79. The molecular formula is C21H16F4N4OS. The summed E-state index contributed by atoms with van der Waals surface area (Å²) in [5, 5.41) is 3.25. The highest BCUT2D eigenvalue weighted by molar-refractivity contribution is 7.14. The van der Waals surface area contributed by atoms with Crippen molar-refractivity contribution < 1.29 is 22.3 Å². The van der Waals surface area contributed by atoms with Crippen LogP contribution in [0.4, 0.5) is 29.1 Å². The summed E-state index contributed by atoms with van der Waals surface area (Å²) >= 11 is 1.13. The molecule has 2 aromatic carbocycles. The molecule has 0 radical (unpaired) electrons. The van der Waals surface area contributed by atoms with Crippen molar-refractivity contribution in [3.63, 3.8) is 0 Å². The first-order valence-corrected chi connectivity index (χ1v) is 9.83. The van der Waals surface area contributed by atoms with Gasteiger partial charge in [0.15, 0.2) is 5.82 Å². The lowest BCUT2D eigenvalue weighted by Crippen LogP contribution is -2.06. The maximum atomic E-state index is 14.5. The van der Waals surface area contributed by atoms with Crippen LogP contribution >= 0.6 is 11.5 Å². The molecule has 0 aliphatic carbocycles. The Labute approximate surface area is 178 Å². The second-order valence-corrected chi connectivity index (χ2v) is 7.47. The first kappa shape index (κ1) is 20.9. The van der Waals surface area contributed by atoms with E-state index >= 15 is 0 Å². The van der Waals surface area contributed by atoms with Gasteiger partial charge < -0.3 is 15.8 Å². The number of pyridine rings is 1. The van der Waals surface area contributed by atoms with Gasteiger partial charge in [-0.1, -0.05) is 12.1 Å². The average molecular weight is 448 g/mol. The van der Waals surface area contributed by atoms with Gasteiger partial charge in [-0.3, -0.25) is 0 Å². The molecule has 0 saturated carbocycles. The summed E-state index contributed by atoms with van der Waals surface area (Å²) in [5.41, 5.74) is 6.86. The number of benzene rings is 2. The lowest BCUT2D eigenvalue weighted by atomic mass is 10.1. The van der Waals surface area contributed by atoms with Crippen molar-refractivity contribution in [2.24, 2.45) is 0 Å². The molecule has 0 spiro atoms. The molecule has 0 aliphatic rings. The Kier molecular flexibility index (Phi) is 5.40. The van der Waals surface area contributed by atoms with Crippen LogP contribution in [0.15, 0.2) is 48.5 Å². The summed E-state index contributed by atoms with van der Waals surface area (Å²) in [6.45, 7) is 0.440. The Bertz CT molecular complexity index is 1240. The molecule has 0 saturated heterocycles. The third-order valence-corrected chi connectivity index (χ3v) is 5.55. The molecular weight excluding hydrogens is 432 g/mol. The van der Waals surface area contributed by atoms with E-state index in [1.165, 1.54) is 0 Å². The third kappa shape index (κ3) is 4.24. The molecule has 0 aliphatic heterocycles. The van der Waals surface area contributed by atoms with Crippen LogP contribution in [-0.2, 0) is 12.7 Å². The van der Waals surface area contributed by atoms with E-state index in [1.807, 2.05) is 24.3 Å². The summed E-state index contributed by atoms with van der Waals surface area (Å²) in [6, 6.07) is 11.4. The maximum absolute atomic E-state index is 14.5. The van der Waals surface area contributed by atoms with E-state index in [0.29, 0.717) is 28.5 Å². The number of aromatic nitrogens is 2. The predicted molar refractivity (Wildman–Crippen MR) is 113 cm³/mol. The van der Waals surface area contributed by atoms with Gasteiger partial charge >= 0.3 is 6.18 Å². The number of hydrogen-bond donors (Lipinski definition) is 2. The normalized spacial score (nSPS) is 11.6. The molecule has 10 heteroatoms. The van der Waals surface area contributed by atoms with Gasteiger partial charge in [0.1, 0.15) is 17.1 Å². The molecule has 0 bridgehead atoms. The number of ether oxygens (including phenoxy) is 1. The van der Waals surface area contributed by atoms with E-state index in [1.54, 1.807) is 13.2 Å². The van der Waals surface area contributed by atoms with Crippen molar-refractivity contribution in [1.29, 1.82) is 0 Å². The number of anilines is 2. The summed E-state index contributed by atoms with van der Waals surface area (Å²) in [4.78, 5) is 4.34. The highest BCUT2D eigenvalue weighted by Crippen LogP contribution is 2.36. The number of nitrogens with zero attached hydrogens (tertiary/aromatic N) is 2. The first-order valence-electron chi connectivity index (χ1n) is 9.06. The number of alkyl halides is 3. The molecule has 2 heterocycles. The van der Waals surface area contributed by atoms with Gasteiger partial charge in [-0.05, 0) is 53.5 Å². The fraction of sp³-hybridized carbons (Fsp3) is 0.143. The lowest BCUT2D eigenvalue weighted by molar-refractivity contribution is -0.137. The SMILES string of the molecule is COc1ccc(CNc2cc(-c3ccc(C(F)(F)F)cc3F)nc3c(N)nsc23)cc1. The molecule has 2 aromatic heterocycles. The van der Waals surface area contributed by atoms with Gasteiger partial charge in [-0.15, -0.1) is 0 Å². The minimum atomic E-state index is -4.64. The van der Waals surface area contributed by atoms with Crippen molar-refractivity contribution >= 4 is 33.3 Å². The van der Waals surface area contributed by atoms with Gasteiger partial charge in [-0.2, -0.15) is 17.5 Å². The summed E-state index contributed by atoms with van der Waals surface area (Å²) < 4.78 is 63.1. The highest BCUT2D eigenvalue weighted by Gasteiger charge is 2.31. The second kappa shape index (κ2) is 8.03. The topological polar surface area (TPSA) is 73.1 Å². The van der Waals surface area contributed by atoms with Gasteiger partial charge in [0.05, 0.1) is 28.8 Å². The Morgan fingerprint density at radius 2 is 1.84 bits per heavy atom. The van der Waals surface area contributed by atoms with Crippen molar-refractivity contribution in [2.45, 2.75) is 12.7 Å². The van der Waals surface area contributed by atoms with Crippen LogP contribution in [0.3, 0.4) is 0 Å². The zero-order valence-corrected chi connectivity index (χ0v) is 16.9. The summed E-state index contributed by atoms with van der Waals surface area (Å²) in [5.74, 6) is -0.128. The average Bonchev–Trinajstić information content (AvgIpc) is 3.12. The molecule has 5 nitrogen and oxygen atoms in total. The number of fused-ring (bicyclic) bond motifs is 1. The minimum absolute atomic E-state index is 0.0620. The second-order valence-electron chi connectivity index (χ2n) is 6.69. The Balaban J connectivity index is 1.71. The van der Waals surface area contributed by atoms with Crippen molar-refractivity contribution in [1.82, 2.24) is 9.36 Å². The van der Waals surface area contributed by atoms with Crippen molar-refractivity contribution in [2.75, 3.05) is 18.2 Å². The molecule has 4 aromatic rings. The van der Waals surface area contributed by atoms with E-state index in [4.69, 9.17) is 10.5 Å². The van der Waals surface area contributed by atoms with E-state index in [9.17, 15) is 17.6 Å². The highest BCUT2D eigenvalue weighted by atomic mass is 32.1. The minimum Gasteiger partial charge on any atom is -0.497 e. The molecule has 4 rings (SSSR count). The molecule has 3 N–H and O–H groups in total. The number of nitrogens with one attached hydrogen (secondary N) is 1. The number of methoxy groups -OCH3 is 1. The Morgan fingerprint density at radius 3 is 2.48 bits per heavy atom. The van der Waals surface area contributed by atoms with E-state index in [0.717, 1.165) is 35.0 Å². The molecule has 0 unspecified atom stereocenters. The fourth-order valence-electron chi connectivity index (χ4n) is 3.05. The zero-order valence-electron chi connectivity index (χ0n) is 16.1. The summed E-state index contributed by atoms with van der Waals surface area (Å²) in [6.07, 6.45) is -4.64. The van der Waals surface area contributed by atoms with Gasteiger partial charge in [0.2, 0.25) is 0 Å². The molecule has 0 amide bonds. The molecule has 0 fully saturated rings. The van der Waals surface area contributed by atoms with Crippen LogP contribution in [0.1, 0.15) is 11.1 Å². The molecule has 31 heavy (non-hydrogen) atoms. The largest absolute Gasteiger partial charge is 0.497 e. The maximum Gasteiger partial charge on any atom is 0.416 e. The number of nitrogens with two attached hydrogens (primary N) is 1. The first-order chi connectivity index (χ1) is 14.8. The van der Waals surface area contributed by atoms with Gasteiger partial charge in [0.25, 0.3) is 0 Å².